The molecule has 0 saturated heterocycles. The summed E-state index contributed by atoms with van der Waals surface area (Å²) in [6.07, 6.45) is 1.00. The number of hydrogen-bond donors (Lipinski definition) is 1. The van der Waals surface area contributed by atoms with Crippen LogP contribution >= 0.6 is 0 Å². The number of aromatic nitrogens is 2. The first-order chi connectivity index (χ1) is 17.2. The molecule has 0 saturated carbocycles. The summed E-state index contributed by atoms with van der Waals surface area (Å²) < 4.78 is 72.3. The molecule has 2 aliphatic rings. The SMILES string of the molecule is O=S(=O)(Cc1ncccn1)c1ccc2c(c1)OCCN2c1ccc(C(F)(F)F)cc1C1=CCNCC1. The first-order valence-corrected chi connectivity index (χ1v) is 13.0. The van der Waals surface area contributed by atoms with Crippen LogP contribution in [0.2, 0.25) is 0 Å². The van der Waals surface area contributed by atoms with Crippen molar-refractivity contribution in [3.8, 4) is 5.75 Å². The maximum Gasteiger partial charge on any atom is 0.416 e. The van der Waals surface area contributed by atoms with Gasteiger partial charge in [0.15, 0.2) is 9.84 Å². The summed E-state index contributed by atoms with van der Waals surface area (Å²) >= 11 is 0. The minimum absolute atomic E-state index is 0.0595. The zero-order valence-corrected chi connectivity index (χ0v) is 19.9. The molecule has 11 heteroatoms. The van der Waals surface area contributed by atoms with Crippen LogP contribution in [0.5, 0.6) is 5.75 Å². The van der Waals surface area contributed by atoms with E-state index in [1.165, 1.54) is 36.7 Å². The van der Waals surface area contributed by atoms with Crippen LogP contribution in [0.1, 0.15) is 23.4 Å². The quantitative estimate of drug-likeness (QED) is 0.539. The third-order valence-electron chi connectivity index (χ3n) is 6.12. The molecule has 2 aliphatic heterocycles. The molecule has 1 aromatic heterocycles. The van der Waals surface area contributed by atoms with E-state index in [-0.39, 0.29) is 23.1 Å². The zero-order chi connectivity index (χ0) is 25.3. The highest BCUT2D eigenvalue weighted by Gasteiger charge is 2.33. The number of alkyl halides is 3. The maximum absolute atomic E-state index is 13.5. The molecule has 0 aliphatic carbocycles. The van der Waals surface area contributed by atoms with Crippen molar-refractivity contribution in [1.82, 2.24) is 15.3 Å². The van der Waals surface area contributed by atoms with Gasteiger partial charge in [-0.15, -0.1) is 0 Å². The zero-order valence-electron chi connectivity index (χ0n) is 19.1. The lowest BCUT2D eigenvalue weighted by Gasteiger charge is -2.34. The number of sulfone groups is 1. The third-order valence-corrected chi connectivity index (χ3v) is 7.73. The van der Waals surface area contributed by atoms with E-state index in [9.17, 15) is 21.6 Å². The van der Waals surface area contributed by atoms with E-state index in [2.05, 4.69) is 15.3 Å². The Bertz CT molecular complexity index is 1410. The number of hydrogen-bond acceptors (Lipinski definition) is 7. The molecular formula is C25H23F3N4O3S. The van der Waals surface area contributed by atoms with Gasteiger partial charge in [-0.2, -0.15) is 13.2 Å². The van der Waals surface area contributed by atoms with E-state index >= 15 is 0 Å². The van der Waals surface area contributed by atoms with Crippen molar-refractivity contribution >= 4 is 26.8 Å². The number of nitrogens with zero attached hydrogens (tertiary/aromatic N) is 3. The minimum Gasteiger partial charge on any atom is -0.489 e. The first kappa shape index (κ1) is 24.3. The third kappa shape index (κ3) is 4.93. The fraction of sp³-hybridized carbons (Fsp3) is 0.280. The number of halogens is 3. The molecule has 188 valence electrons. The van der Waals surface area contributed by atoms with E-state index < -0.39 is 21.6 Å². The molecule has 0 atom stereocenters. The van der Waals surface area contributed by atoms with Crippen molar-refractivity contribution in [2.24, 2.45) is 0 Å². The van der Waals surface area contributed by atoms with Gasteiger partial charge in [0.25, 0.3) is 0 Å². The minimum atomic E-state index is -4.46. The average molecular weight is 517 g/mol. The Morgan fingerprint density at radius 2 is 1.83 bits per heavy atom. The molecular weight excluding hydrogens is 493 g/mol. The summed E-state index contributed by atoms with van der Waals surface area (Å²) in [6.45, 7) is 1.91. The number of nitrogens with one attached hydrogen (secondary N) is 1. The van der Waals surface area contributed by atoms with Gasteiger partial charge < -0.3 is 15.0 Å². The predicted octanol–water partition coefficient (Wildman–Crippen LogP) is 4.38. The first-order valence-electron chi connectivity index (χ1n) is 11.4. The van der Waals surface area contributed by atoms with E-state index in [0.717, 1.165) is 11.6 Å². The van der Waals surface area contributed by atoms with Crippen LogP contribution in [0.4, 0.5) is 24.5 Å². The molecule has 3 aromatic rings. The van der Waals surface area contributed by atoms with Crippen LogP contribution in [0.15, 0.2) is 65.8 Å². The molecule has 0 unspecified atom stereocenters. The van der Waals surface area contributed by atoms with E-state index in [1.54, 1.807) is 12.1 Å². The van der Waals surface area contributed by atoms with Crippen LogP contribution in [0.3, 0.4) is 0 Å². The highest BCUT2D eigenvalue weighted by molar-refractivity contribution is 7.90. The summed E-state index contributed by atoms with van der Waals surface area (Å²) in [5, 5.41) is 3.18. The Hall–Kier alpha value is -3.44. The Morgan fingerprint density at radius 1 is 1.06 bits per heavy atom. The van der Waals surface area contributed by atoms with Crippen molar-refractivity contribution in [2.45, 2.75) is 23.2 Å². The molecule has 0 radical (unpaired) electrons. The molecule has 0 fully saturated rings. The summed E-state index contributed by atoms with van der Waals surface area (Å²) in [5.41, 5.74) is 1.85. The molecule has 5 rings (SSSR count). The standard InChI is InChI=1S/C25H23F3N4O3S/c26-25(27,28)18-2-4-21(20(14-18)17-6-10-29-11-7-17)32-12-13-35-23-15-19(3-5-22(23)32)36(33,34)16-24-30-8-1-9-31-24/h1-6,8-9,14-15,29H,7,10-13,16H2. The van der Waals surface area contributed by atoms with Crippen LogP contribution in [-0.4, -0.2) is 44.6 Å². The number of fused-ring (bicyclic) bond motifs is 1. The van der Waals surface area contributed by atoms with E-state index in [0.29, 0.717) is 48.7 Å². The predicted molar refractivity (Wildman–Crippen MR) is 129 cm³/mol. The van der Waals surface area contributed by atoms with E-state index in [4.69, 9.17) is 4.74 Å². The Labute approximate surface area is 206 Å². The molecule has 0 spiro atoms. The van der Waals surface area contributed by atoms with Gasteiger partial charge in [0.2, 0.25) is 0 Å². The van der Waals surface area contributed by atoms with Gasteiger partial charge in [-0.1, -0.05) is 6.08 Å². The molecule has 3 heterocycles. The molecule has 1 N–H and O–H groups in total. The monoisotopic (exact) mass is 516 g/mol. The normalized spacial score (nSPS) is 16.2. The highest BCUT2D eigenvalue weighted by Crippen LogP contribution is 2.43. The van der Waals surface area contributed by atoms with Crippen LogP contribution in [-0.2, 0) is 21.8 Å². The second kappa shape index (κ2) is 9.55. The Morgan fingerprint density at radius 3 is 2.56 bits per heavy atom. The lowest BCUT2D eigenvalue weighted by atomic mass is 9.95. The van der Waals surface area contributed by atoms with E-state index in [1.807, 2.05) is 11.0 Å². The van der Waals surface area contributed by atoms with Crippen LogP contribution in [0.25, 0.3) is 5.57 Å². The van der Waals surface area contributed by atoms with Gasteiger partial charge in [-0.05, 0) is 54.9 Å². The summed E-state index contributed by atoms with van der Waals surface area (Å²) in [6, 6.07) is 9.92. The highest BCUT2D eigenvalue weighted by atomic mass is 32.2. The lowest BCUT2D eigenvalue weighted by Crippen LogP contribution is -2.30. The number of rotatable bonds is 5. The second-order valence-corrected chi connectivity index (χ2v) is 10.5. The Kier molecular flexibility index (Phi) is 6.44. The summed E-state index contributed by atoms with van der Waals surface area (Å²) in [5.74, 6) is 0.172. The molecule has 7 nitrogen and oxygen atoms in total. The fourth-order valence-corrected chi connectivity index (χ4v) is 5.59. The fourth-order valence-electron chi connectivity index (χ4n) is 4.37. The van der Waals surface area contributed by atoms with Crippen molar-refractivity contribution in [3.63, 3.8) is 0 Å². The molecule has 36 heavy (non-hydrogen) atoms. The van der Waals surface area contributed by atoms with Gasteiger partial charge in [-0.3, -0.25) is 0 Å². The maximum atomic E-state index is 13.5. The average Bonchev–Trinajstić information content (AvgIpc) is 2.88. The molecule has 0 amide bonds. The smallest absolute Gasteiger partial charge is 0.416 e. The van der Waals surface area contributed by atoms with Crippen LogP contribution < -0.4 is 15.0 Å². The van der Waals surface area contributed by atoms with Gasteiger partial charge in [-0.25, -0.2) is 18.4 Å². The largest absolute Gasteiger partial charge is 0.489 e. The van der Waals surface area contributed by atoms with Crippen molar-refractivity contribution in [1.29, 1.82) is 0 Å². The van der Waals surface area contributed by atoms with Gasteiger partial charge in [0.05, 0.1) is 22.7 Å². The topological polar surface area (TPSA) is 84.4 Å². The van der Waals surface area contributed by atoms with Crippen molar-refractivity contribution < 1.29 is 26.3 Å². The number of anilines is 2. The number of benzene rings is 2. The summed E-state index contributed by atoms with van der Waals surface area (Å²) in [7, 11) is -3.74. The van der Waals surface area contributed by atoms with Gasteiger partial charge >= 0.3 is 6.18 Å². The molecule has 2 aromatic carbocycles. The number of ether oxygens (including phenoxy) is 1. The van der Waals surface area contributed by atoms with Crippen LogP contribution in [0, 0.1) is 0 Å². The lowest BCUT2D eigenvalue weighted by molar-refractivity contribution is -0.137. The van der Waals surface area contributed by atoms with Crippen molar-refractivity contribution in [3.05, 3.63) is 77.9 Å². The van der Waals surface area contributed by atoms with Crippen molar-refractivity contribution in [2.75, 3.05) is 31.1 Å². The van der Waals surface area contributed by atoms with Gasteiger partial charge in [0, 0.05) is 36.3 Å². The second-order valence-electron chi connectivity index (χ2n) is 8.47. The Balaban J connectivity index is 1.53. The summed E-state index contributed by atoms with van der Waals surface area (Å²) in [4.78, 5) is 9.92. The van der Waals surface area contributed by atoms with Gasteiger partial charge in [0.1, 0.15) is 23.9 Å². The molecule has 0 bridgehead atoms.